The van der Waals surface area contributed by atoms with Gasteiger partial charge in [-0.2, -0.15) is 4.98 Å². The summed E-state index contributed by atoms with van der Waals surface area (Å²) in [4.78, 5) is 18.8. The van der Waals surface area contributed by atoms with E-state index < -0.39 is 6.04 Å². The molecule has 1 unspecified atom stereocenters. The number of anilines is 2. The third-order valence-electron chi connectivity index (χ3n) is 7.20. The number of aromatic nitrogens is 3. The van der Waals surface area contributed by atoms with Crippen LogP contribution in [0.4, 0.5) is 11.6 Å². The Morgan fingerprint density at radius 2 is 1.82 bits per heavy atom. The first-order valence-corrected chi connectivity index (χ1v) is 16.6. The van der Waals surface area contributed by atoms with E-state index in [0.29, 0.717) is 47.1 Å². The number of unbranched alkanes of at least 4 members (excludes halogenated alkanes) is 1. The van der Waals surface area contributed by atoms with Crippen molar-refractivity contribution in [3.63, 3.8) is 0 Å². The van der Waals surface area contributed by atoms with E-state index in [0.717, 1.165) is 45.4 Å². The molecular weight excluding hydrogens is 638 g/mol. The van der Waals surface area contributed by atoms with Gasteiger partial charge in [-0.15, -0.1) is 5.10 Å². The van der Waals surface area contributed by atoms with Crippen LogP contribution < -0.4 is 20.1 Å². The number of fused-ring (bicyclic) bond motifs is 1. The average molecular weight is 677 g/mol. The van der Waals surface area contributed by atoms with Crippen LogP contribution >= 0.6 is 27.7 Å². The molecule has 0 saturated heterocycles. The zero-order valence-corrected chi connectivity index (χ0v) is 28.1. The molecule has 5 rings (SSSR count). The van der Waals surface area contributed by atoms with Gasteiger partial charge in [-0.05, 0) is 91.0 Å². The summed E-state index contributed by atoms with van der Waals surface area (Å²) in [7, 11) is 0. The number of halogens is 1. The highest BCUT2D eigenvalue weighted by molar-refractivity contribution is 9.10. The highest BCUT2D eigenvalue weighted by Crippen LogP contribution is 2.43. The Labute approximate surface area is 271 Å². The summed E-state index contributed by atoms with van der Waals surface area (Å²) in [5.74, 6) is 2.48. The van der Waals surface area contributed by atoms with Crippen LogP contribution in [0.2, 0.25) is 0 Å². The number of thioether (sulfide) groups is 1. The number of ether oxygens (including phenoxy) is 2. The van der Waals surface area contributed by atoms with Crippen molar-refractivity contribution in [1.82, 2.24) is 14.8 Å². The lowest BCUT2D eigenvalue weighted by Crippen LogP contribution is -2.31. The van der Waals surface area contributed by atoms with Crippen LogP contribution in [-0.4, -0.2) is 33.0 Å². The van der Waals surface area contributed by atoms with Crippen LogP contribution in [0, 0.1) is 13.8 Å². The van der Waals surface area contributed by atoms with E-state index >= 15 is 0 Å². The molecule has 3 aromatic carbocycles. The molecule has 8 nitrogen and oxygen atoms in total. The number of hydrogen-bond donors (Lipinski definition) is 2. The van der Waals surface area contributed by atoms with Gasteiger partial charge in [-0.1, -0.05) is 67.1 Å². The van der Waals surface area contributed by atoms with Crippen LogP contribution in [0.5, 0.6) is 11.5 Å². The first kappa shape index (κ1) is 31.7. The second-order valence-electron chi connectivity index (χ2n) is 10.8. The minimum atomic E-state index is -0.564. The molecule has 2 N–H and O–H groups in total. The van der Waals surface area contributed by atoms with E-state index in [1.54, 1.807) is 16.4 Å². The first-order valence-electron chi connectivity index (χ1n) is 14.9. The summed E-state index contributed by atoms with van der Waals surface area (Å²) in [5.41, 5.74) is 6.09. The largest absolute Gasteiger partial charge is 0.490 e. The number of nitrogens with one attached hydrogen (secondary N) is 2. The van der Waals surface area contributed by atoms with E-state index in [-0.39, 0.29) is 5.91 Å². The maximum atomic E-state index is 14.0. The van der Waals surface area contributed by atoms with Crippen molar-refractivity contribution in [1.29, 1.82) is 0 Å². The third-order valence-corrected chi connectivity index (χ3v) is 8.71. The Hall–Kier alpha value is -3.76. The van der Waals surface area contributed by atoms with Crippen LogP contribution in [-0.2, 0) is 11.4 Å². The molecule has 230 valence electrons. The van der Waals surface area contributed by atoms with Gasteiger partial charge in [0.2, 0.25) is 11.1 Å². The molecule has 1 amide bonds. The second kappa shape index (κ2) is 14.3. The minimum absolute atomic E-state index is 0.221. The molecule has 0 aliphatic carbocycles. The average Bonchev–Trinajstić information content (AvgIpc) is 3.38. The highest BCUT2D eigenvalue weighted by atomic mass is 79.9. The Morgan fingerprint density at radius 1 is 1.05 bits per heavy atom. The standard InChI is InChI=1S/C34H38BrN5O3S/c1-6-8-15-44-34-38-33-36-23(5)29(32(41)37-26-14-10-12-22(4)17-26)30(40(33)39-34)25-18-27(35)31(28(19-25)42-7-2)43-20-24-13-9-11-21(3)16-24/h9-14,16-19,30H,6-8,15,20H2,1-5H3,(H,37,41)(H,36,38,39). The molecular formula is C34H38BrN5O3S. The molecule has 2 heterocycles. The monoisotopic (exact) mass is 675 g/mol. The van der Waals surface area contributed by atoms with Crippen molar-refractivity contribution in [3.8, 4) is 11.5 Å². The summed E-state index contributed by atoms with van der Waals surface area (Å²) < 4.78 is 14.9. The molecule has 1 atom stereocenters. The minimum Gasteiger partial charge on any atom is -0.490 e. The number of carbonyl (C=O) groups excluding carboxylic acids is 1. The summed E-state index contributed by atoms with van der Waals surface area (Å²) in [6.45, 7) is 10.9. The molecule has 0 saturated carbocycles. The summed E-state index contributed by atoms with van der Waals surface area (Å²) in [6, 6.07) is 19.4. The normalized spacial score (nSPS) is 14.2. The molecule has 1 aliphatic heterocycles. The van der Waals surface area contributed by atoms with Crippen molar-refractivity contribution in [2.75, 3.05) is 23.0 Å². The molecule has 0 radical (unpaired) electrons. The molecule has 0 spiro atoms. The zero-order valence-electron chi connectivity index (χ0n) is 25.7. The fourth-order valence-corrected chi connectivity index (χ4v) is 6.62. The number of nitrogens with zero attached hydrogens (tertiary/aromatic N) is 3. The number of amides is 1. The lowest BCUT2D eigenvalue weighted by molar-refractivity contribution is -0.113. The van der Waals surface area contributed by atoms with E-state index in [1.165, 1.54) is 5.56 Å². The summed E-state index contributed by atoms with van der Waals surface area (Å²) in [6.07, 6.45) is 2.17. The summed E-state index contributed by atoms with van der Waals surface area (Å²) in [5, 5.41) is 12.0. The smallest absolute Gasteiger partial charge is 0.255 e. The van der Waals surface area contributed by atoms with Crippen LogP contribution in [0.25, 0.3) is 0 Å². The van der Waals surface area contributed by atoms with Crippen molar-refractivity contribution in [2.24, 2.45) is 0 Å². The SMILES string of the molecule is CCCCSc1nc2n(n1)C(c1cc(Br)c(OCc3cccc(C)c3)c(OCC)c1)C(C(=O)Nc1cccc(C)c1)=C(C)N2. The predicted octanol–water partition coefficient (Wildman–Crippen LogP) is 8.45. The van der Waals surface area contributed by atoms with Crippen LogP contribution in [0.3, 0.4) is 0 Å². The number of allylic oxidation sites excluding steroid dienone is 1. The Balaban J connectivity index is 1.56. The summed E-state index contributed by atoms with van der Waals surface area (Å²) >= 11 is 5.37. The Kier molecular flexibility index (Phi) is 10.3. The molecule has 4 aromatic rings. The van der Waals surface area contributed by atoms with Crippen LogP contribution in [0.1, 0.15) is 61.9 Å². The van der Waals surface area contributed by atoms with E-state index in [1.807, 2.05) is 69.3 Å². The number of rotatable bonds is 12. The van der Waals surface area contributed by atoms with E-state index in [9.17, 15) is 4.79 Å². The second-order valence-corrected chi connectivity index (χ2v) is 12.7. The van der Waals surface area contributed by atoms with Gasteiger partial charge in [0, 0.05) is 17.1 Å². The van der Waals surface area contributed by atoms with Gasteiger partial charge in [0.15, 0.2) is 11.5 Å². The van der Waals surface area contributed by atoms with E-state index in [4.69, 9.17) is 19.6 Å². The first-order chi connectivity index (χ1) is 21.3. The van der Waals surface area contributed by atoms with Gasteiger partial charge < -0.3 is 20.1 Å². The Bertz CT molecular complexity index is 1690. The van der Waals surface area contributed by atoms with Crippen molar-refractivity contribution in [3.05, 3.63) is 98.7 Å². The van der Waals surface area contributed by atoms with Gasteiger partial charge >= 0.3 is 0 Å². The van der Waals surface area contributed by atoms with Crippen molar-refractivity contribution in [2.45, 2.75) is 65.3 Å². The fourth-order valence-electron chi connectivity index (χ4n) is 5.13. The van der Waals surface area contributed by atoms with Gasteiger partial charge in [-0.3, -0.25) is 4.79 Å². The lowest BCUT2D eigenvalue weighted by atomic mass is 9.94. The van der Waals surface area contributed by atoms with E-state index in [2.05, 4.69) is 52.5 Å². The van der Waals surface area contributed by atoms with Gasteiger partial charge in [0.05, 0.1) is 16.7 Å². The third kappa shape index (κ3) is 7.30. The van der Waals surface area contributed by atoms with Crippen LogP contribution in [0.15, 0.2) is 81.6 Å². The Morgan fingerprint density at radius 3 is 2.55 bits per heavy atom. The number of hydrogen-bond acceptors (Lipinski definition) is 7. The molecule has 1 aliphatic rings. The number of carbonyl (C=O) groups is 1. The maximum Gasteiger partial charge on any atom is 0.255 e. The number of benzene rings is 3. The fraction of sp³-hybridized carbons (Fsp3) is 0.324. The lowest BCUT2D eigenvalue weighted by Gasteiger charge is -2.29. The van der Waals surface area contributed by atoms with Gasteiger partial charge in [-0.25, -0.2) is 4.68 Å². The van der Waals surface area contributed by atoms with Crippen molar-refractivity contribution < 1.29 is 14.3 Å². The predicted molar refractivity (Wildman–Crippen MR) is 181 cm³/mol. The van der Waals surface area contributed by atoms with Gasteiger partial charge in [0.25, 0.3) is 5.91 Å². The molecule has 0 bridgehead atoms. The maximum absolute atomic E-state index is 14.0. The van der Waals surface area contributed by atoms with Crippen molar-refractivity contribution >= 4 is 45.2 Å². The quantitative estimate of drug-likeness (QED) is 0.115. The topological polar surface area (TPSA) is 90.3 Å². The molecule has 44 heavy (non-hydrogen) atoms. The van der Waals surface area contributed by atoms with Gasteiger partial charge in [0.1, 0.15) is 12.6 Å². The highest BCUT2D eigenvalue weighted by Gasteiger charge is 2.35. The molecule has 0 fully saturated rings. The molecule has 1 aromatic heterocycles. The molecule has 10 heteroatoms. The zero-order chi connectivity index (χ0) is 31.2. The number of aryl methyl sites for hydroxylation is 2.